The van der Waals surface area contributed by atoms with E-state index < -0.39 is 5.97 Å². The molecule has 2 rings (SSSR count). The molecule has 1 amide bonds. The monoisotopic (exact) mass is 311 g/mol. The Balaban J connectivity index is 1.99. The van der Waals surface area contributed by atoms with Crippen LogP contribution in [0.2, 0.25) is 0 Å². The molecule has 1 saturated heterocycles. The number of likely N-dealkylation sites (tertiary alicyclic amines) is 1. The summed E-state index contributed by atoms with van der Waals surface area (Å²) in [7, 11) is 0. The van der Waals surface area contributed by atoms with E-state index in [2.05, 4.69) is 10.3 Å². The lowest BCUT2D eigenvalue weighted by Crippen LogP contribution is -2.39. The molecular weight excluding hydrogens is 294 g/mol. The van der Waals surface area contributed by atoms with Crippen LogP contribution in [0.4, 0.5) is 5.13 Å². The molecule has 0 radical (unpaired) electrons. The smallest absolute Gasteiger partial charge is 0.356 e. The van der Waals surface area contributed by atoms with Gasteiger partial charge in [-0.05, 0) is 19.3 Å². The first-order valence-electron chi connectivity index (χ1n) is 6.75. The average Bonchev–Trinajstić information content (AvgIpc) is 2.90. The maximum absolute atomic E-state index is 12.0. The second kappa shape index (κ2) is 6.66. The highest BCUT2D eigenvalue weighted by Gasteiger charge is 2.21. The van der Waals surface area contributed by atoms with Gasteiger partial charge in [0, 0.05) is 20.0 Å². The standard InChI is InChI=1S/C13H17N3O4S/c1-8(17)11-10(12(19)20)15-13(21-11)14-7-9(18)16-5-3-2-4-6-16/h2-7H2,1H3,(H,14,15)(H,19,20). The lowest BCUT2D eigenvalue weighted by atomic mass is 10.1. The summed E-state index contributed by atoms with van der Waals surface area (Å²) >= 11 is 0.961. The van der Waals surface area contributed by atoms with Crippen LogP contribution in [0.25, 0.3) is 0 Å². The second-order valence-corrected chi connectivity index (χ2v) is 5.85. The van der Waals surface area contributed by atoms with Gasteiger partial charge in [0.05, 0.1) is 6.54 Å². The Morgan fingerprint density at radius 2 is 1.95 bits per heavy atom. The summed E-state index contributed by atoms with van der Waals surface area (Å²) in [6.45, 7) is 2.88. The van der Waals surface area contributed by atoms with E-state index in [0.717, 1.165) is 43.7 Å². The number of ketones is 1. The molecule has 0 unspecified atom stereocenters. The van der Waals surface area contributed by atoms with Crippen molar-refractivity contribution in [1.82, 2.24) is 9.88 Å². The molecule has 1 aromatic heterocycles. The zero-order valence-electron chi connectivity index (χ0n) is 11.7. The van der Waals surface area contributed by atoms with Crippen LogP contribution in [-0.4, -0.2) is 52.3 Å². The zero-order valence-corrected chi connectivity index (χ0v) is 12.5. The summed E-state index contributed by atoms with van der Waals surface area (Å²) < 4.78 is 0. The topological polar surface area (TPSA) is 99.6 Å². The predicted molar refractivity (Wildman–Crippen MR) is 78.0 cm³/mol. The van der Waals surface area contributed by atoms with E-state index in [-0.39, 0.29) is 33.9 Å². The van der Waals surface area contributed by atoms with E-state index in [9.17, 15) is 14.4 Å². The molecule has 21 heavy (non-hydrogen) atoms. The van der Waals surface area contributed by atoms with Gasteiger partial charge in [0.2, 0.25) is 5.91 Å². The molecule has 1 aliphatic heterocycles. The molecule has 0 saturated carbocycles. The Hall–Kier alpha value is -1.96. The van der Waals surface area contributed by atoms with Gasteiger partial charge in [-0.3, -0.25) is 9.59 Å². The fourth-order valence-electron chi connectivity index (χ4n) is 2.19. The number of Topliss-reactive ketones (excluding diaryl/α,β-unsaturated/α-hetero) is 1. The molecule has 0 aromatic carbocycles. The van der Waals surface area contributed by atoms with E-state index in [1.807, 2.05) is 0 Å². The van der Waals surface area contributed by atoms with Gasteiger partial charge in [-0.2, -0.15) is 0 Å². The number of aromatic nitrogens is 1. The highest BCUT2D eigenvalue weighted by atomic mass is 32.1. The molecule has 1 fully saturated rings. The number of carboxylic acids is 1. The number of nitrogens with one attached hydrogen (secondary N) is 1. The average molecular weight is 311 g/mol. The highest BCUT2D eigenvalue weighted by molar-refractivity contribution is 7.17. The van der Waals surface area contributed by atoms with Gasteiger partial charge in [0.25, 0.3) is 0 Å². The van der Waals surface area contributed by atoms with Crippen LogP contribution >= 0.6 is 11.3 Å². The Morgan fingerprint density at radius 3 is 2.48 bits per heavy atom. The maximum atomic E-state index is 12.0. The third kappa shape index (κ3) is 3.78. The summed E-state index contributed by atoms with van der Waals surface area (Å²) in [6.07, 6.45) is 3.18. The van der Waals surface area contributed by atoms with Crippen LogP contribution in [0.5, 0.6) is 0 Å². The number of amides is 1. The zero-order chi connectivity index (χ0) is 15.4. The minimum Gasteiger partial charge on any atom is -0.476 e. The molecule has 2 heterocycles. The van der Waals surface area contributed by atoms with E-state index in [1.165, 1.54) is 6.92 Å². The van der Waals surface area contributed by atoms with Crippen LogP contribution in [-0.2, 0) is 4.79 Å². The first-order chi connectivity index (χ1) is 9.99. The number of piperidine rings is 1. The van der Waals surface area contributed by atoms with Crippen LogP contribution in [0.3, 0.4) is 0 Å². The normalized spacial score (nSPS) is 14.8. The number of hydrogen-bond acceptors (Lipinski definition) is 6. The van der Waals surface area contributed by atoms with Crippen LogP contribution < -0.4 is 5.32 Å². The Bertz CT molecular complexity index is 532. The van der Waals surface area contributed by atoms with Crippen molar-refractivity contribution >= 4 is 34.1 Å². The lowest BCUT2D eigenvalue weighted by Gasteiger charge is -2.26. The third-order valence-electron chi connectivity index (χ3n) is 3.25. The first-order valence-corrected chi connectivity index (χ1v) is 7.57. The number of anilines is 1. The fourth-order valence-corrected chi connectivity index (χ4v) is 3.03. The summed E-state index contributed by atoms with van der Waals surface area (Å²) in [5, 5.41) is 12.1. The van der Waals surface area contributed by atoms with Crippen LogP contribution in [0, 0.1) is 0 Å². The molecule has 0 atom stereocenters. The molecule has 0 bridgehead atoms. The number of carboxylic acid groups (broad SMARTS) is 1. The molecule has 7 nitrogen and oxygen atoms in total. The summed E-state index contributed by atoms with van der Waals surface area (Å²) in [5.41, 5.74) is -0.263. The predicted octanol–water partition coefficient (Wildman–Crippen LogP) is 1.47. The molecule has 114 valence electrons. The number of carbonyl (C=O) groups is 3. The van der Waals surface area contributed by atoms with Crippen molar-refractivity contribution in [2.24, 2.45) is 0 Å². The van der Waals surface area contributed by atoms with Gasteiger partial charge >= 0.3 is 5.97 Å². The van der Waals surface area contributed by atoms with E-state index >= 15 is 0 Å². The van der Waals surface area contributed by atoms with E-state index in [4.69, 9.17) is 5.11 Å². The fraction of sp³-hybridized carbons (Fsp3) is 0.538. The second-order valence-electron chi connectivity index (χ2n) is 4.85. The lowest BCUT2D eigenvalue weighted by molar-refractivity contribution is -0.130. The Labute approximate surface area is 126 Å². The van der Waals surface area contributed by atoms with E-state index in [1.54, 1.807) is 4.90 Å². The molecule has 0 aliphatic carbocycles. The molecule has 1 aliphatic rings. The minimum atomic E-state index is -1.24. The van der Waals surface area contributed by atoms with Gasteiger partial charge in [0.1, 0.15) is 4.88 Å². The molecule has 1 aromatic rings. The van der Waals surface area contributed by atoms with E-state index in [0.29, 0.717) is 0 Å². The van der Waals surface area contributed by atoms with Crippen molar-refractivity contribution in [2.75, 3.05) is 25.0 Å². The van der Waals surface area contributed by atoms with Crippen molar-refractivity contribution in [2.45, 2.75) is 26.2 Å². The SMILES string of the molecule is CC(=O)c1sc(NCC(=O)N2CCCCC2)nc1C(=O)O. The largest absolute Gasteiger partial charge is 0.476 e. The van der Waals surface area contributed by atoms with Crippen LogP contribution in [0.15, 0.2) is 0 Å². The van der Waals surface area contributed by atoms with Crippen LogP contribution in [0.1, 0.15) is 46.3 Å². The summed E-state index contributed by atoms with van der Waals surface area (Å²) in [4.78, 5) is 40.1. The van der Waals surface area contributed by atoms with Crippen molar-refractivity contribution in [1.29, 1.82) is 0 Å². The number of carbonyl (C=O) groups excluding carboxylic acids is 2. The molecule has 8 heteroatoms. The number of rotatable bonds is 5. The van der Waals surface area contributed by atoms with Crippen molar-refractivity contribution < 1.29 is 19.5 Å². The number of aromatic carboxylic acids is 1. The van der Waals surface area contributed by atoms with Gasteiger partial charge in [-0.1, -0.05) is 11.3 Å². The minimum absolute atomic E-state index is 0.0360. The Kier molecular flexibility index (Phi) is 4.89. The maximum Gasteiger partial charge on any atom is 0.356 e. The van der Waals surface area contributed by atoms with Gasteiger partial charge in [0.15, 0.2) is 16.6 Å². The highest BCUT2D eigenvalue weighted by Crippen LogP contribution is 2.23. The van der Waals surface area contributed by atoms with Crippen molar-refractivity contribution in [3.63, 3.8) is 0 Å². The quantitative estimate of drug-likeness (QED) is 0.799. The first kappa shape index (κ1) is 15.4. The summed E-state index contributed by atoms with van der Waals surface area (Å²) in [5.74, 6) is -1.63. The number of hydrogen-bond donors (Lipinski definition) is 2. The van der Waals surface area contributed by atoms with Crippen molar-refractivity contribution in [3.05, 3.63) is 10.6 Å². The third-order valence-corrected chi connectivity index (χ3v) is 4.36. The van der Waals surface area contributed by atoms with Gasteiger partial charge in [-0.15, -0.1) is 0 Å². The Morgan fingerprint density at radius 1 is 1.29 bits per heavy atom. The molecular formula is C13H17N3O4S. The van der Waals surface area contributed by atoms with Gasteiger partial charge < -0.3 is 15.3 Å². The molecule has 2 N–H and O–H groups in total. The molecule has 0 spiro atoms. The summed E-state index contributed by atoms with van der Waals surface area (Å²) in [6, 6.07) is 0. The van der Waals surface area contributed by atoms with Crippen molar-refractivity contribution in [3.8, 4) is 0 Å². The number of nitrogens with zero attached hydrogens (tertiary/aromatic N) is 2. The number of thiazole rings is 1. The van der Waals surface area contributed by atoms with Gasteiger partial charge in [-0.25, -0.2) is 9.78 Å².